The molecule has 19 heavy (non-hydrogen) atoms. The van der Waals surface area contributed by atoms with Crippen molar-refractivity contribution in [3.63, 3.8) is 0 Å². The third-order valence-electron chi connectivity index (χ3n) is 5.57. The van der Waals surface area contributed by atoms with Crippen LogP contribution in [0.2, 0.25) is 0 Å². The van der Waals surface area contributed by atoms with Gasteiger partial charge >= 0.3 is 0 Å². The average molecular weight is 267 g/mol. The van der Waals surface area contributed by atoms with Gasteiger partial charge in [0.1, 0.15) is 12.2 Å². The summed E-state index contributed by atoms with van der Waals surface area (Å²) < 4.78 is 12.4. The molecule has 4 aliphatic rings. The smallest absolute Gasteiger partial charge is 0.169 e. The number of nitrogens with zero attached hydrogens (tertiary/aromatic N) is 1. The Bertz CT molecular complexity index is 342. The van der Waals surface area contributed by atoms with E-state index in [2.05, 4.69) is 12.1 Å². The number of hydrogen-bond acceptors (Lipinski definition) is 4. The summed E-state index contributed by atoms with van der Waals surface area (Å²) in [5, 5.41) is 2.08. The minimum atomic E-state index is -0.262. The molecule has 4 rings (SSSR count). The first-order valence-corrected chi connectivity index (χ1v) is 7.99. The fourth-order valence-electron chi connectivity index (χ4n) is 4.59. The zero-order valence-corrected chi connectivity index (χ0v) is 11.8. The molecule has 2 heterocycles. The van der Waals surface area contributed by atoms with E-state index in [4.69, 9.17) is 14.3 Å². The molecule has 0 bridgehead atoms. The highest BCUT2D eigenvalue weighted by Gasteiger charge is 2.53. The average Bonchev–Trinajstić information content (AvgIpc) is 3.09. The van der Waals surface area contributed by atoms with Gasteiger partial charge in [0.05, 0.1) is 6.61 Å². The minimum Gasteiger partial charge on any atom is -0.347 e. The Kier molecular flexibility index (Phi) is 3.10. The van der Waals surface area contributed by atoms with Gasteiger partial charge in [0, 0.05) is 31.8 Å². The summed E-state index contributed by atoms with van der Waals surface area (Å²) in [6, 6.07) is 0.608. The number of fused-ring (bicyclic) bond motifs is 1. The Labute approximate surface area is 115 Å². The summed E-state index contributed by atoms with van der Waals surface area (Å²) in [7, 11) is 2.08. The summed E-state index contributed by atoms with van der Waals surface area (Å²) in [5.41, 5.74) is 0. The van der Waals surface area contributed by atoms with Crippen molar-refractivity contribution in [3.8, 4) is 0 Å². The van der Waals surface area contributed by atoms with Gasteiger partial charge in [-0.05, 0) is 25.7 Å². The highest BCUT2D eigenvalue weighted by molar-refractivity contribution is 4.97. The lowest BCUT2D eigenvalue weighted by Crippen LogP contribution is -2.38. The fourth-order valence-corrected chi connectivity index (χ4v) is 4.59. The van der Waals surface area contributed by atoms with Crippen molar-refractivity contribution in [3.05, 3.63) is 0 Å². The summed E-state index contributed by atoms with van der Waals surface area (Å²) in [6.07, 6.45) is 10.2. The van der Waals surface area contributed by atoms with E-state index in [0.717, 1.165) is 19.4 Å². The van der Waals surface area contributed by atoms with Crippen molar-refractivity contribution >= 4 is 0 Å². The van der Waals surface area contributed by atoms with Crippen molar-refractivity contribution in [1.82, 2.24) is 5.06 Å². The molecule has 2 saturated heterocycles. The maximum Gasteiger partial charge on any atom is 0.169 e. The first-order chi connectivity index (χ1) is 9.27. The van der Waals surface area contributed by atoms with Crippen LogP contribution in [-0.2, 0) is 14.3 Å². The normalized spacial score (nSPS) is 45.9. The van der Waals surface area contributed by atoms with Crippen LogP contribution in [0.1, 0.15) is 51.4 Å². The third-order valence-corrected chi connectivity index (χ3v) is 5.57. The van der Waals surface area contributed by atoms with E-state index in [0.29, 0.717) is 12.0 Å². The molecule has 4 heteroatoms. The van der Waals surface area contributed by atoms with Crippen LogP contribution in [0.5, 0.6) is 0 Å². The monoisotopic (exact) mass is 267 g/mol. The molecule has 0 unspecified atom stereocenters. The van der Waals surface area contributed by atoms with E-state index in [1.54, 1.807) is 0 Å². The zero-order valence-electron chi connectivity index (χ0n) is 11.8. The van der Waals surface area contributed by atoms with Crippen LogP contribution >= 0.6 is 0 Å². The van der Waals surface area contributed by atoms with Crippen molar-refractivity contribution in [2.24, 2.45) is 5.92 Å². The number of hydrogen-bond donors (Lipinski definition) is 0. The first-order valence-electron chi connectivity index (χ1n) is 7.99. The van der Waals surface area contributed by atoms with Crippen LogP contribution in [0.3, 0.4) is 0 Å². The van der Waals surface area contributed by atoms with Crippen LogP contribution in [0.15, 0.2) is 0 Å². The van der Waals surface area contributed by atoms with Gasteiger partial charge in [-0.1, -0.05) is 12.8 Å². The van der Waals surface area contributed by atoms with Crippen molar-refractivity contribution in [2.45, 2.75) is 75.4 Å². The molecule has 0 N–H and O–H groups in total. The second-order valence-corrected chi connectivity index (χ2v) is 6.72. The number of hydroxylamine groups is 2. The maximum absolute atomic E-state index is 6.36. The quantitative estimate of drug-likeness (QED) is 0.730. The number of rotatable bonds is 1. The van der Waals surface area contributed by atoms with Gasteiger partial charge in [-0.25, -0.2) is 0 Å². The molecule has 0 aromatic carbocycles. The van der Waals surface area contributed by atoms with Gasteiger partial charge in [0.2, 0.25) is 0 Å². The Morgan fingerprint density at radius 3 is 2.74 bits per heavy atom. The second kappa shape index (κ2) is 4.69. The molecular formula is C15H25NO3. The predicted octanol–water partition coefficient (Wildman–Crippen LogP) is 2.48. The second-order valence-electron chi connectivity index (χ2n) is 6.72. The van der Waals surface area contributed by atoms with Crippen LogP contribution in [0.25, 0.3) is 0 Å². The van der Waals surface area contributed by atoms with E-state index in [1.165, 1.54) is 38.5 Å². The molecule has 0 amide bonds. The van der Waals surface area contributed by atoms with Crippen molar-refractivity contribution < 1.29 is 14.3 Å². The zero-order chi connectivity index (χ0) is 12.9. The topological polar surface area (TPSA) is 30.9 Å². The molecule has 0 radical (unpaired) electrons. The summed E-state index contributed by atoms with van der Waals surface area (Å²) >= 11 is 0. The summed E-state index contributed by atoms with van der Waals surface area (Å²) in [4.78, 5) is 6.07. The molecule has 2 aliphatic carbocycles. The lowest BCUT2D eigenvalue weighted by Gasteiger charge is -2.32. The largest absolute Gasteiger partial charge is 0.347 e. The molecule has 108 valence electrons. The summed E-state index contributed by atoms with van der Waals surface area (Å²) in [5.74, 6) is 0.388. The Balaban J connectivity index is 1.46. The van der Waals surface area contributed by atoms with E-state index in [1.807, 2.05) is 0 Å². The van der Waals surface area contributed by atoms with Crippen LogP contribution in [0.4, 0.5) is 0 Å². The van der Waals surface area contributed by atoms with Gasteiger partial charge in [-0.3, -0.25) is 4.84 Å². The first kappa shape index (κ1) is 12.6. The molecule has 4 atom stereocenters. The minimum absolute atomic E-state index is 0.147. The lowest BCUT2D eigenvalue weighted by molar-refractivity contribution is -0.218. The van der Waals surface area contributed by atoms with E-state index >= 15 is 0 Å². The fraction of sp³-hybridized carbons (Fsp3) is 1.00. The molecule has 2 saturated carbocycles. The Morgan fingerprint density at radius 2 is 1.89 bits per heavy atom. The highest BCUT2D eigenvalue weighted by atomic mass is 16.8. The van der Waals surface area contributed by atoms with Gasteiger partial charge in [0.25, 0.3) is 0 Å². The van der Waals surface area contributed by atoms with Crippen molar-refractivity contribution in [2.75, 3.05) is 13.7 Å². The predicted molar refractivity (Wildman–Crippen MR) is 70.4 cm³/mol. The highest BCUT2D eigenvalue weighted by Crippen LogP contribution is 2.45. The van der Waals surface area contributed by atoms with Crippen LogP contribution in [-0.4, -0.2) is 42.8 Å². The molecule has 1 spiro atoms. The van der Waals surface area contributed by atoms with Crippen LogP contribution < -0.4 is 0 Å². The summed E-state index contributed by atoms with van der Waals surface area (Å²) in [6.45, 7) is 0.724. The Hall–Kier alpha value is -0.160. The van der Waals surface area contributed by atoms with E-state index in [-0.39, 0.29) is 18.0 Å². The van der Waals surface area contributed by atoms with Gasteiger partial charge in [0.15, 0.2) is 5.79 Å². The molecular weight excluding hydrogens is 242 g/mol. The van der Waals surface area contributed by atoms with Crippen LogP contribution in [0, 0.1) is 5.92 Å². The molecule has 2 aliphatic heterocycles. The number of ether oxygens (including phenoxy) is 2. The molecule has 0 aromatic heterocycles. The third kappa shape index (κ3) is 2.04. The molecule has 4 fully saturated rings. The van der Waals surface area contributed by atoms with Crippen molar-refractivity contribution in [1.29, 1.82) is 0 Å². The molecule has 4 nitrogen and oxygen atoms in total. The lowest BCUT2D eigenvalue weighted by atomic mass is 9.93. The van der Waals surface area contributed by atoms with Gasteiger partial charge in [-0.15, -0.1) is 0 Å². The standard InChI is InChI=1S/C15H25NO3/c1-16-12-7-5-6-11(12)14(19-16)13-10-17-15(18-13)8-3-2-4-9-15/h11-14H,2-10H2,1H3/t11-,12+,13+,14+/m0/s1. The maximum atomic E-state index is 6.36. The van der Waals surface area contributed by atoms with E-state index in [9.17, 15) is 0 Å². The molecule has 0 aromatic rings. The Morgan fingerprint density at radius 1 is 1.05 bits per heavy atom. The van der Waals surface area contributed by atoms with Gasteiger partial charge < -0.3 is 9.47 Å². The van der Waals surface area contributed by atoms with E-state index < -0.39 is 0 Å². The SMILES string of the molecule is CN1O[C@@H]([C@H]2COC3(CCCCC3)O2)[C@H]2CCC[C@H]21. The van der Waals surface area contributed by atoms with Gasteiger partial charge in [-0.2, -0.15) is 5.06 Å².